The zero-order valence-corrected chi connectivity index (χ0v) is 20.7. The number of hydrogen-bond acceptors (Lipinski definition) is 6. The topological polar surface area (TPSA) is 111 Å². The van der Waals surface area contributed by atoms with Crippen LogP contribution in [-0.4, -0.2) is 38.7 Å². The van der Waals surface area contributed by atoms with E-state index in [-0.39, 0.29) is 17.1 Å². The van der Waals surface area contributed by atoms with Crippen LogP contribution < -0.4 is 25.0 Å². The molecule has 1 N–H and O–H groups in total. The van der Waals surface area contributed by atoms with Gasteiger partial charge >= 0.3 is 5.69 Å². The largest absolute Gasteiger partial charge is 0.496 e. The van der Waals surface area contributed by atoms with Gasteiger partial charge in [-0.2, -0.15) is 0 Å². The molecule has 0 radical (unpaired) electrons. The van der Waals surface area contributed by atoms with Gasteiger partial charge in [0, 0.05) is 12.1 Å². The van der Waals surface area contributed by atoms with Crippen molar-refractivity contribution >= 4 is 26.6 Å². The molecule has 0 unspecified atom stereocenters. The number of methoxy groups -OCH3 is 2. The third-order valence-corrected chi connectivity index (χ3v) is 8.19. The number of H-pyrrole nitrogens is 1. The second kappa shape index (κ2) is 9.19. The van der Waals surface area contributed by atoms with Gasteiger partial charge in [-0.3, -0.25) is 9.10 Å². The number of ether oxygens (including phenoxy) is 2. The summed E-state index contributed by atoms with van der Waals surface area (Å²) in [5, 5.41) is 0.323. The summed E-state index contributed by atoms with van der Waals surface area (Å²) in [7, 11) is -1.04. The lowest BCUT2D eigenvalue weighted by atomic mass is 10.1. The van der Waals surface area contributed by atoms with Crippen molar-refractivity contribution in [3.63, 3.8) is 0 Å². The van der Waals surface area contributed by atoms with Gasteiger partial charge in [-0.15, -0.1) is 0 Å². The van der Waals surface area contributed by atoms with Gasteiger partial charge in [-0.1, -0.05) is 18.2 Å². The van der Waals surface area contributed by atoms with Crippen molar-refractivity contribution in [2.75, 3.05) is 25.1 Å². The minimum absolute atomic E-state index is 0.0443. The average Bonchev–Trinajstić information content (AvgIpc) is 3.12. The maximum absolute atomic E-state index is 14.0. The van der Waals surface area contributed by atoms with Crippen LogP contribution in [0.5, 0.6) is 11.5 Å². The van der Waals surface area contributed by atoms with Gasteiger partial charge in [0.25, 0.3) is 15.6 Å². The van der Waals surface area contributed by atoms with E-state index in [1.807, 2.05) is 0 Å². The van der Waals surface area contributed by atoms with Crippen LogP contribution in [0.1, 0.15) is 18.4 Å². The number of aromatic amines is 1. The number of nitrogens with one attached hydrogen (secondary N) is 1. The van der Waals surface area contributed by atoms with E-state index in [0.717, 1.165) is 16.6 Å². The first-order valence-corrected chi connectivity index (χ1v) is 12.9. The number of rotatable bonds is 5. The minimum atomic E-state index is -4.08. The number of para-hydroxylation sites is 1. The Hall–Kier alpha value is -4.05. The molecule has 36 heavy (non-hydrogen) atoms. The predicted octanol–water partition coefficient (Wildman–Crippen LogP) is 3.23. The molecule has 0 saturated heterocycles. The van der Waals surface area contributed by atoms with Gasteiger partial charge < -0.3 is 14.5 Å². The van der Waals surface area contributed by atoms with Crippen molar-refractivity contribution in [3.05, 3.63) is 87.1 Å². The first-order valence-electron chi connectivity index (χ1n) is 11.5. The highest BCUT2D eigenvalue weighted by atomic mass is 32.2. The summed E-state index contributed by atoms with van der Waals surface area (Å²) in [5.74, 6) is 1.02. The van der Waals surface area contributed by atoms with Crippen molar-refractivity contribution in [3.8, 4) is 17.2 Å². The standard InChI is InChI=1S/C26H25N3O6S/c1-34-22-13-14-23(35-2)24-20(22)11-5-6-15-28(24)36(32,33)18-9-7-8-17(16-18)29-25(30)19-10-3-4-12-21(19)27-26(29)31/h3-4,7-10,12-14,16H,5-6,11,15H2,1-2H3,(H,27,31). The van der Waals surface area contributed by atoms with Gasteiger partial charge in [-0.25, -0.2) is 17.8 Å². The summed E-state index contributed by atoms with van der Waals surface area (Å²) in [6.07, 6.45) is 2.07. The van der Waals surface area contributed by atoms with E-state index < -0.39 is 21.3 Å². The molecule has 0 fully saturated rings. The molecule has 3 aromatic carbocycles. The molecule has 1 aromatic heterocycles. The zero-order chi connectivity index (χ0) is 25.4. The molecule has 2 heterocycles. The molecule has 0 amide bonds. The monoisotopic (exact) mass is 507 g/mol. The fraction of sp³-hybridized carbons (Fsp3) is 0.231. The van der Waals surface area contributed by atoms with Gasteiger partial charge in [-0.05, 0) is 61.7 Å². The maximum Gasteiger partial charge on any atom is 0.333 e. The smallest absolute Gasteiger partial charge is 0.333 e. The molecule has 5 rings (SSSR count). The van der Waals surface area contributed by atoms with Crippen LogP contribution in [0.2, 0.25) is 0 Å². The number of nitrogens with zero attached hydrogens (tertiary/aromatic N) is 2. The number of sulfonamides is 1. The van der Waals surface area contributed by atoms with Gasteiger partial charge in [0.05, 0.1) is 35.7 Å². The highest BCUT2D eigenvalue weighted by Crippen LogP contribution is 2.43. The van der Waals surface area contributed by atoms with E-state index in [1.165, 1.54) is 35.7 Å². The molecule has 0 atom stereocenters. The van der Waals surface area contributed by atoms with Crippen molar-refractivity contribution in [2.45, 2.75) is 24.2 Å². The molecular weight excluding hydrogens is 482 g/mol. The predicted molar refractivity (Wildman–Crippen MR) is 137 cm³/mol. The Morgan fingerprint density at radius 1 is 0.889 bits per heavy atom. The number of aromatic nitrogens is 2. The lowest BCUT2D eigenvalue weighted by Gasteiger charge is -2.27. The summed E-state index contributed by atoms with van der Waals surface area (Å²) in [6.45, 7) is 0.250. The van der Waals surface area contributed by atoms with Crippen LogP contribution in [0.4, 0.5) is 5.69 Å². The zero-order valence-electron chi connectivity index (χ0n) is 19.9. The molecule has 0 saturated carbocycles. The third kappa shape index (κ3) is 3.83. The van der Waals surface area contributed by atoms with Crippen molar-refractivity contribution < 1.29 is 17.9 Å². The normalized spacial score (nSPS) is 13.8. The molecule has 0 spiro atoms. The van der Waals surface area contributed by atoms with E-state index >= 15 is 0 Å². The number of anilines is 1. The third-order valence-electron chi connectivity index (χ3n) is 6.40. The van der Waals surface area contributed by atoms with Crippen LogP contribution in [0.25, 0.3) is 16.6 Å². The Balaban J connectivity index is 1.68. The lowest BCUT2D eigenvalue weighted by molar-refractivity contribution is 0.400. The minimum Gasteiger partial charge on any atom is -0.496 e. The maximum atomic E-state index is 14.0. The van der Waals surface area contributed by atoms with Crippen LogP contribution in [-0.2, 0) is 16.4 Å². The summed E-state index contributed by atoms with van der Waals surface area (Å²) in [5.41, 5.74) is 0.586. The van der Waals surface area contributed by atoms with Crippen LogP contribution in [0.15, 0.2) is 75.1 Å². The molecule has 1 aliphatic heterocycles. The molecule has 1 aliphatic rings. The average molecular weight is 508 g/mol. The second-order valence-electron chi connectivity index (χ2n) is 8.45. The Bertz CT molecular complexity index is 1690. The van der Waals surface area contributed by atoms with E-state index in [1.54, 1.807) is 43.5 Å². The summed E-state index contributed by atoms with van der Waals surface area (Å²) in [4.78, 5) is 28.6. The second-order valence-corrected chi connectivity index (χ2v) is 10.3. The van der Waals surface area contributed by atoms with Crippen LogP contribution >= 0.6 is 0 Å². The molecule has 10 heteroatoms. The van der Waals surface area contributed by atoms with Crippen molar-refractivity contribution in [1.82, 2.24) is 9.55 Å². The van der Waals surface area contributed by atoms with Crippen molar-refractivity contribution in [2.24, 2.45) is 0 Å². The Morgan fingerprint density at radius 2 is 1.64 bits per heavy atom. The lowest BCUT2D eigenvalue weighted by Crippen LogP contribution is -2.34. The molecule has 4 aromatic rings. The summed E-state index contributed by atoms with van der Waals surface area (Å²) < 4.78 is 41.3. The van der Waals surface area contributed by atoms with Crippen LogP contribution in [0, 0.1) is 0 Å². The quantitative estimate of drug-likeness (QED) is 0.444. The van der Waals surface area contributed by atoms with E-state index in [9.17, 15) is 18.0 Å². The summed E-state index contributed by atoms with van der Waals surface area (Å²) >= 11 is 0. The Labute approximate surface area is 207 Å². The SMILES string of the molecule is COc1ccc(OC)c2c1CCCCN2S(=O)(=O)c1cccc(-n2c(=O)[nH]c3ccccc3c2=O)c1. The number of hydrogen-bond donors (Lipinski definition) is 1. The first kappa shape index (κ1) is 23.7. The van der Waals surface area contributed by atoms with E-state index in [0.29, 0.717) is 40.9 Å². The fourth-order valence-corrected chi connectivity index (χ4v) is 6.27. The van der Waals surface area contributed by atoms with E-state index in [2.05, 4.69) is 4.98 Å². The number of fused-ring (bicyclic) bond motifs is 2. The molecule has 9 nitrogen and oxygen atoms in total. The van der Waals surface area contributed by atoms with Gasteiger partial charge in [0.2, 0.25) is 0 Å². The highest BCUT2D eigenvalue weighted by Gasteiger charge is 2.32. The fourth-order valence-electron chi connectivity index (χ4n) is 4.68. The summed E-state index contributed by atoms with van der Waals surface area (Å²) in [6, 6.07) is 16.0. The van der Waals surface area contributed by atoms with Gasteiger partial charge in [0.1, 0.15) is 17.2 Å². The van der Waals surface area contributed by atoms with E-state index in [4.69, 9.17) is 9.47 Å². The Kier molecular flexibility index (Phi) is 6.05. The van der Waals surface area contributed by atoms with Crippen LogP contribution in [0.3, 0.4) is 0 Å². The molecule has 0 aliphatic carbocycles. The van der Waals surface area contributed by atoms with Crippen molar-refractivity contribution in [1.29, 1.82) is 0 Å². The molecular formula is C26H25N3O6S. The molecule has 0 bridgehead atoms. The highest BCUT2D eigenvalue weighted by molar-refractivity contribution is 7.92. The first-order chi connectivity index (χ1) is 17.4. The molecule has 186 valence electrons. The Morgan fingerprint density at radius 3 is 2.42 bits per heavy atom. The van der Waals surface area contributed by atoms with Gasteiger partial charge in [0.15, 0.2) is 0 Å². The number of benzene rings is 3.